The third kappa shape index (κ3) is 3.57. The van der Waals surface area contributed by atoms with Gasteiger partial charge in [-0.1, -0.05) is 26.0 Å². The maximum absolute atomic E-state index is 13.4. The van der Waals surface area contributed by atoms with E-state index >= 15 is 0 Å². The number of fused-ring (bicyclic) bond motifs is 1. The minimum atomic E-state index is -0.423. The van der Waals surface area contributed by atoms with Crippen LogP contribution < -0.4 is 10.1 Å². The summed E-state index contributed by atoms with van der Waals surface area (Å²) in [6, 6.07) is 14.1. The predicted molar refractivity (Wildman–Crippen MR) is 124 cm³/mol. The van der Waals surface area contributed by atoms with Crippen LogP contribution in [-0.2, 0) is 4.79 Å². The number of ketones is 1. The van der Waals surface area contributed by atoms with Crippen LogP contribution >= 0.6 is 0 Å². The Bertz CT molecular complexity index is 1290. The van der Waals surface area contributed by atoms with Gasteiger partial charge in [-0.3, -0.25) is 20.0 Å². The number of ether oxygens (including phenoxy) is 1. The zero-order valence-corrected chi connectivity index (χ0v) is 18.6. The third-order valence-corrected chi connectivity index (χ3v) is 6.39. The summed E-state index contributed by atoms with van der Waals surface area (Å²) in [6.45, 7) is 4.20. The fourth-order valence-electron chi connectivity index (χ4n) is 4.90. The Kier molecular flexibility index (Phi) is 4.81. The minimum absolute atomic E-state index is 0.0200. The number of nitrogens with zero attached hydrogens (tertiary/aromatic N) is 2. The van der Waals surface area contributed by atoms with Gasteiger partial charge < -0.3 is 10.1 Å². The number of anilines is 1. The highest BCUT2D eigenvalue weighted by molar-refractivity contribution is 6.02. The zero-order chi connectivity index (χ0) is 23.3. The second-order valence-electron chi connectivity index (χ2n) is 9.33. The highest BCUT2D eigenvalue weighted by Gasteiger charge is 2.42. The number of aromatic amines is 1. The van der Waals surface area contributed by atoms with Gasteiger partial charge in [-0.05, 0) is 41.7 Å². The lowest BCUT2D eigenvalue weighted by Gasteiger charge is -2.38. The largest absolute Gasteiger partial charge is 0.497 e. The molecule has 3 aromatic rings. The molecule has 0 radical (unpaired) electrons. The summed E-state index contributed by atoms with van der Waals surface area (Å²) in [4.78, 5) is 24.1. The fraction of sp³-hybridized carbons (Fsp3) is 0.280. The summed E-state index contributed by atoms with van der Waals surface area (Å²) in [5.41, 5.74) is 4.88. The van der Waals surface area contributed by atoms with Gasteiger partial charge in [-0.15, -0.1) is 0 Å². The number of allylic oxidation sites excluding steroid dienone is 2. The third-order valence-electron chi connectivity index (χ3n) is 6.39. The van der Waals surface area contributed by atoms with E-state index in [-0.39, 0.29) is 22.8 Å². The maximum Gasteiger partial charge on any atom is 0.269 e. The molecule has 2 heterocycles. The molecule has 5 rings (SSSR count). The summed E-state index contributed by atoms with van der Waals surface area (Å²) in [5, 5.41) is 22.1. The molecule has 0 saturated carbocycles. The summed E-state index contributed by atoms with van der Waals surface area (Å²) in [5.74, 6) is 1.22. The number of non-ortho nitro benzene ring substituents is 1. The highest BCUT2D eigenvalue weighted by atomic mass is 16.6. The van der Waals surface area contributed by atoms with Crippen LogP contribution in [0.25, 0.3) is 11.3 Å². The quantitative estimate of drug-likeness (QED) is 0.423. The van der Waals surface area contributed by atoms with E-state index in [9.17, 15) is 14.9 Å². The van der Waals surface area contributed by atoms with E-state index < -0.39 is 4.92 Å². The van der Waals surface area contributed by atoms with Crippen molar-refractivity contribution in [1.82, 2.24) is 10.2 Å². The number of carbonyl (C=O) groups excluding carboxylic acids is 1. The number of nitro groups is 1. The zero-order valence-electron chi connectivity index (χ0n) is 18.6. The second kappa shape index (κ2) is 7.58. The topological polar surface area (TPSA) is 110 Å². The van der Waals surface area contributed by atoms with Crippen molar-refractivity contribution >= 4 is 17.3 Å². The molecule has 33 heavy (non-hydrogen) atoms. The molecule has 0 unspecified atom stereocenters. The van der Waals surface area contributed by atoms with Crippen LogP contribution in [0.15, 0.2) is 59.8 Å². The Hall–Kier alpha value is -3.94. The Balaban J connectivity index is 1.69. The number of hydrogen-bond donors (Lipinski definition) is 2. The lowest BCUT2D eigenvalue weighted by Crippen LogP contribution is -2.33. The summed E-state index contributed by atoms with van der Waals surface area (Å²) < 4.78 is 5.32. The summed E-state index contributed by atoms with van der Waals surface area (Å²) in [6.07, 6.45) is 1.22. The Morgan fingerprint density at radius 1 is 1.09 bits per heavy atom. The van der Waals surface area contributed by atoms with E-state index in [0.29, 0.717) is 12.2 Å². The van der Waals surface area contributed by atoms with Crippen molar-refractivity contribution < 1.29 is 14.5 Å². The predicted octanol–water partition coefficient (Wildman–Crippen LogP) is 5.19. The molecular weight excluding hydrogens is 420 g/mol. The standard InChI is InChI=1S/C25H24N4O4/c1-25(2)12-18-21(19(30)13-25)20(14-6-10-17(33-3)11-7-14)22-23(27-28-24(22)26-18)15-4-8-16(9-5-15)29(31)32/h4-11,20H,12-13H2,1-3H3,(H2,26,27,28)/t20-/m1/s1. The van der Waals surface area contributed by atoms with Crippen molar-refractivity contribution in [3.05, 3.63) is 81.0 Å². The lowest BCUT2D eigenvalue weighted by molar-refractivity contribution is -0.384. The van der Waals surface area contributed by atoms with Gasteiger partial charge in [-0.25, -0.2) is 0 Å². The van der Waals surface area contributed by atoms with Crippen molar-refractivity contribution in [2.75, 3.05) is 12.4 Å². The minimum Gasteiger partial charge on any atom is -0.497 e. The first-order chi connectivity index (χ1) is 15.8. The number of benzene rings is 2. The molecule has 1 aromatic heterocycles. The molecule has 1 aliphatic carbocycles. The van der Waals surface area contributed by atoms with E-state index in [1.807, 2.05) is 24.3 Å². The molecule has 2 aliphatic rings. The van der Waals surface area contributed by atoms with Crippen molar-refractivity contribution in [3.63, 3.8) is 0 Å². The van der Waals surface area contributed by atoms with Gasteiger partial charge in [0.15, 0.2) is 11.6 Å². The number of carbonyl (C=O) groups is 1. The van der Waals surface area contributed by atoms with Gasteiger partial charge in [0.25, 0.3) is 5.69 Å². The van der Waals surface area contributed by atoms with Crippen LogP contribution in [0, 0.1) is 15.5 Å². The molecule has 0 saturated heterocycles. The molecule has 2 N–H and O–H groups in total. The smallest absolute Gasteiger partial charge is 0.269 e. The van der Waals surface area contributed by atoms with E-state index in [4.69, 9.17) is 4.74 Å². The highest BCUT2D eigenvalue weighted by Crippen LogP contribution is 2.51. The van der Waals surface area contributed by atoms with E-state index in [2.05, 4.69) is 29.4 Å². The number of rotatable bonds is 4. The summed E-state index contributed by atoms with van der Waals surface area (Å²) >= 11 is 0. The second-order valence-corrected chi connectivity index (χ2v) is 9.33. The Morgan fingerprint density at radius 3 is 2.42 bits per heavy atom. The van der Waals surface area contributed by atoms with Crippen LogP contribution in [0.3, 0.4) is 0 Å². The molecule has 0 spiro atoms. The van der Waals surface area contributed by atoms with Gasteiger partial charge in [0.2, 0.25) is 0 Å². The average molecular weight is 444 g/mol. The van der Waals surface area contributed by atoms with Crippen molar-refractivity contribution in [2.45, 2.75) is 32.6 Å². The summed E-state index contributed by atoms with van der Waals surface area (Å²) in [7, 11) is 1.62. The van der Waals surface area contributed by atoms with Crippen molar-refractivity contribution in [2.24, 2.45) is 5.41 Å². The molecule has 0 bridgehead atoms. The van der Waals surface area contributed by atoms with Gasteiger partial charge in [-0.2, -0.15) is 5.10 Å². The first kappa shape index (κ1) is 20.9. The molecule has 168 valence electrons. The average Bonchev–Trinajstić information content (AvgIpc) is 3.20. The van der Waals surface area contributed by atoms with Crippen molar-refractivity contribution in [1.29, 1.82) is 0 Å². The molecular formula is C25H24N4O4. The van der Waals surface area contributed by atoms with Crippen molar-refractivity contribution in [3.8, 4) is 17.0 Å². The van der Waals surface area contributed by atoms with Crippen LogP contribution in [0.2, 0.25) is 0 Å². The van der Waals surface area contributed by atoms with Gasteiger partial charge in [0, 0.05) is 46.9 Å². The first-order valence-corrected chi connectivity index (χ1v) is 10.8. The molecule has 8 heteroatoms. The van der Waals surface area contributed by atoms with E-state index in [0.717, 1.165) is 45.8 Å². The van der Waals surface area contributed by atoms with Crippen LogP contribution in [0.4, 0.5) is 11.5 Å². The molecule has 1 atom stereocenters. The number of nitrogens with one attached hydrogen (secondary N) is 2. The normalized spacial score (nSPS) is 18.9. The van der Waals surface area contributed by atoms with Crippen LogP contribution in [-0.4, -0.2) is 28.0 Å². The van der Waals surface area contributed by atoms with Gasteiger partial charge in [0.1, 0.15) is 5.75 Å². The van der Waals surface area contributed by atoms with E-state index in [1.165, 1.54) is 12.1 Å². The number of H-pyrrole nitrogens is 1. The number of Topliss-reactive ketones (excluding diaryl/α,β-unsaturated/α-hetero) is 1. The molecule has 2 aromatic carbocycles. The Morgan fingerprint density at radius 2 is 1.79 bits per heavy atom. The van der Waals surface area contributed by atoms with Crippen LogP contribution in [0.1, 0.15) is 43.7 Å². The Labute approximate surface area is 190 Å². The first-order valence-electron chi connectivity index (χ1n) is 10.8. The molecule has 0 amide bonds. The monoisotopic (exact) mass is 444 g/mol. The number of hydrogen-bond acceptors (Lipinski definition) is 6. The number of nitro benzene ring substituents is 1. The van der Waals surface area contributed by atoms with E-state index in [1.54, 1.807) is 19.2 Å². The molecule has 8 nitrogen and oxygen atoms in total. The SMILES string of the molecule is COc1ccc([C@@H]2C3=C(CC(C)(C)CC3=O)Nc3n[nH]c(-c4ccc([N+](=O)[O-])cc4)c32)cc1. The molecule has 1 aliphatic heterocycles. The number of methoxy groups -OCH3 is 1. The lowest BCUT2D eigenvalue weighted by atomic mass is 9.69. The molecule has 0 fully saturated rings. The number of aromatic nitrogens is 2. The maximum atomic E-state index is 13.4. The fourth-order valence-corrected chi connectivity index (χ4v) is 4.90. The van der Waals surface area contributed by atoms with Crippen LogP contribution in [0.5, 0.6) is 5.75 Å². The van der Waals surface area contributed by atoms with Gasteiger partial charge >= 0.3 is 0 Å². The van der Waals surface area contributed by atoms with Gasteiger partial charge in [0.05, 0.1) is 17.7 Å².